The average molecular weight is 437 g/mol. The summed E-state index contributed by atoms with van der Waals surface area (Å²) in [6.07, 6.45) is 1.66. The number of hydrogen-bond donors (Lipinski definition) is 2. The lowest BCUT2D eigenvalue weighted by molar-refractivity contribution is -0.118. The molecular formula is C24H24N2O4S. The van der Waals surface area contributed by atoms with E-state index < -0.39 is 0 Å². The Hall–Kier alpha value is -3.58. The van der Waals surface area contributed by atoms with Crippen LogP contribution >= 0.6 is 11.3 Å². The number of rotatable bonds is 9. The number of amides is 2. The third kappa shape index (κ3) is 6.72. The van der Waals surface area contributed by atoms with Crippen LogP contribution in [0.2, 0.25) is 0 Å². The van der Waals surface area contributed by atoms with Gasteiger partial charge in [-0.3, -0.25) is 9.59 Å². The number of methoxy groups -OCH3 is 1. The summed E-state index contributed by atoms with van der Waals surface area (Å²) in [6, 6.07) is 19.6. The van der Waals surface area contributed by atoms with Crippen LogP contribution in [0.1, 0.15) is 22.2 Å². The van der Waals surface area contributed by atoms with Crippen molar-refractivity contribution in [2.75, 3.05) is 13.7 Å². The molecule has 0 aliphatic heterocycles. The topological polar surface area (TPSA) is 76.7 Å². The third-order valence-corrected chi connectivity index (χ3v) is 5.11. The van der Waals surface area contributed by atoms with Crippen molar-refractivity contribution in [3.63, 3.8) is 0 Å². The van der Waals surface area contributed by atoms with E-state index in [0.29, 0.717) is 17.9 Å². The normalized spacial score (nSPS) is 12.0. The van der Waals surface area contributed by atoms with Crippen molar-refractivity contribution in [3.05, 3.63) is 88.2 Å². The van der Waals surface area contributed by atoms with Gasteiger partial charge in [-0.15, -0.1) is 11.3 Å². The van der Waals surface area contributed by atoms with Gasteiger partial charge in [0, 0.05) is 10.4 Å². The molecule has 2 amide bonds. The standard InChI is InChI=1S/C24H24N2O4S/c1-17(16-30-20-7-4-3-5-8-20)25-24(28)22(15-21-9-6-14-31-21)26-23(27)18-10-12-19(29-2)13-11-18/h3-15,17H,16H2,1-2H3,(H,25,28)(H,26,27)/b22-15-. The zero-order chi connectivity index (χ0) is 22.1. The highest BCUT2D eigenvalue weighted by Crippen LogP contribution is 2.15. The molecule has 3 rings (SSSR count). The molecule has 0 fully saturated rings. The van der Waals surface area contributed by atoms with Crippen LogP contribution in [0.3, 0.4) is 0 Å². The Morgan fingerprint density at radius 2 is 1.74 bits per heavy atom. The molecule has 0 saturated carbocycles. The third-order valence-electron chi connectivity index (χ3n) is 4.30. The summed E-state index contributed by atoms with van der Waals surface area (Å²) in [7, 11) is 1.56. The Kier molecular flexibility index (Phi) is 7.84. The molecular weight excluding hydrogens is 412 g/mol. The van der Waals surface area contributed by atoms with Gasteiger partial charge in [-0.2, -0.15) is 0 Å². The number of thiophene rings is 1. The highest BCUT2D eigenvalue weighted by Gasteiger charge is 2.17. The summed E-state index contributed by atoms with van der Waals surface area (Å²) in [6.45, 7) is 2.14. The highest BCUT2D eigenvalue weighted by molar-refractivity contribution is 7.10. The van der Waals surface area contributed by atoms with E-state index in [2.05, 4.69) is 10.6 Å². The first kappa shape index (κ1) is 22.1. The van der Waals surface area contributed by atoms with Crippen molar-refractivity contribution < 1.29 is 19.1 Å². The summed E-state index contributed by atoms with van der Waals surface area (Å²) in [4.78, 5) is 26.4. The first-order chi connectivity index (χ1) is 15.0. The second kappa shape index (κ2) is 11.0. The Morgan fingerprint density at radius 1 is 1.00 bits per heavy atom. The smallest absolute Gasteiger partial charge is 0.268 e. The molecule has 2 aromatic carbocycles. The first-order valence-electron chi connectivity index (χ1n) is 9.74. The van der Waals surface area contributed by atoms with Gasteiger partial charge in [0.2, 0.25) is 0 Å². The maximum absolute atomic E-state index is 12.9. The van der Waals surface area contributed by atoms with Crippen molar-refractivity contribution >= 4 is 29.2 Å². The fourth-order valence-electron chi connectivity index (χ4n) is 2.69. The van der Waals surface area contributed by atoms with Crippen LogP contribution in [0.25, 0.3) is 6.08 Å². The molecule has 3 aromatic rings. The minimum absolute atomic E-state index is 0.162. The Morgan fingerprint density at radius 3 is 2.39 bits per heavy atom. The molecule has 1 aromatic heterocycles. The van der Waals surface area contributed by atoms with Crippen molar-refractivity contribution in [1.29, 1.82) is 0 Å². The van der Waals surface area contributed by atoms with Crippen LogP contribution in [0.5, 0.6) is 11.5 Å². The van der Waals surface area contributed by atoms with Crippen molar-refractivity contribution in [1.82, 2.24) is 10.6 Å². The molecule has 0 radical (unpaired) electrons. The minimum Gasteiger partial charge on any atom is -0.497 e. The summed E-state index contributed by atoms with van der Waals surface area (Å²) >= 11 is 1.47. The maximum Gasteiger partial charge on any atom is 0.268 e. The second-order valence-corrected chi connectivity index (χ2v) is 7.73. The summed E-state index contributed by atoms with van der Waals surface area (Å²) in [5.41, 5.74) is 0.584. The molecule has 0 aliphatic rings. The van der Waals surface area contributed by atoms with Gasteiger partial charge in [-0.05, 0) is 60.8 Å². The first-order valence-corrected chi connectivity index (χ1v) is 10.6. The van der Waals surface area contributed by atoms with E-state index in [9.17, 15) is 9.59 Å². The SMILES string of the molecule is COc1ccc(C(=O)N/C(=C\c2cccs2)C(=O)NC(C)COc2ccccc2)cc1. The van der Waals surface area contributed by atoms with Gasteiger partial charge in [-0.1, -0.05) is 24.3 Å². The Bertz CT molecular complexity index is 1020. The number of carbonyl (C=O) groups is 2. The molecule has 7 heteroatoms. The quantitative estimate of drug-likeness (QED) is 0.495. The minimum atomic E-state index is -0.389. The van der Waals surface area contributed by atoms with Gasteiger partial charge < -0.3 is 20.1 Å². The van der Waals surface area contributed by atoms with Crippen LogP contribution in [-0.2, 0) is 4.79 Å². The number of benzene rings is 2. The van der Waals surface area contributed by atoms with Gasteiger partial charge in [0.25, 0.3) is 11.8 Å². The molecule has 0 spiro atoms. The lowest BCUT2D eigenvalue weighted by Crippen LogP contribution is -2.41. The van der Waals surface area contributed by atoms with E-state index in [1.165, 1.54) is 11.3 Å². The molecule has 160 valence electrons. The monoisotopic (exact) mass is 436 g/mol. The van der Waals surface area contributed by atoms with Crippen LogP contribution in [0.4, 0.5) is 0 Å². The van der Waals surface area contributed by atoms with Gasteiger partial charge in [-0.25, -0.2) is 0 Å². The summed E-state index contributed by atoms with van der Waals surface area (Å²) < 4.78 is 10.8. The molecule has 0 saturated heterocycles. The number of nitrogens with one attached hydrogen (secondary N) is 2. The van der Waals surface area contributed by atoms with Gasteiger partial charge >= 0.3 is 0 Å². The molecule has 0 bridgehead atoms. The zero-order valence-corrected chi connectivity index (χ0v) is 18.1. The number of ether oxygens (including phenoxy) is 2. The fourth-order valence-corrected chi connectivity index (χ4v) is 3.35. The Balaban J connectivity index is 1.67. The predicted molar refractivity (Wildman–Crippen MR) is 122 cm³/mol. The fraction of sp³-hybridized carbons (Fsp3) is 0.167. The van der Waals surface area contributed by atoms with Gasteiger partial charge in [0.05, 0.1) is 13.2 Å². The Labute approximate surface area is 185 Å². The maximum atomic E-state index is 12.9. The number of para-hydroxylation sites is 1. The van der Waals surface area contributed by atoms with Gasteiger partial charge in [0.15, 0.2) is 0 Å². The van der Waals surface area contributed by atoms with E-state index in [4.69, 9.17) is 9.47 Å². The number of carbonyl (C=O) groups excluding carboxylic acids is 2. The number of hydrogen-bond acceptors (Lipinski definition) is 5. The predicted octanol–water partition coefficient (Wildman–Crippen LogP) is 4.11. The van der Waals surface area contributed by atoms with E-state index in [1.807, 2.05) is 54.8 Å². The van der Waals surface area contributed by atoms with Crippen LogP contribution in [0, 0.1) is 0 Å². The molecule has 1 atom stereocenters. The van der Waals surface area contributed by atoms with Crippen LogP contribution < -0.4 is 20.1 Å². The molecule has 1 unspecified atom stereocenters. The average Bonchev–Trinajstić information content (AvgIpc) is 3.31. The molecule has 2 N–H and O–H groups in total. The lowest BCUT2D eigenvalue weighted by atomic mass is 10.2. The van der Waals surface area contributed by atoms with Crippen molar-refractivity contribution in [2.24, 2.45) is 0 Å². The highest BCUT2D eigenvalue weighted by atomic mass is 32.1. The molecule has 1 heterocycles. The molecule has 0 aliphatic carbocycles. The van der Waals surface area contributed by atoms with E-state index >= 15 is 0 Å². The largest absolute Gasteiger partial charge is 0.497 e. The lowest BCUT2D eigenvalue weighted by Gasteiger charge is -2.17. The van der Waals surface area contributed by atoms with E-state index in [0.717, 1.165) is 10.6 Å². The van der Waals surface area contributed by atoms with Crippen molar-refractivity contribution in [2.45, 2.75) is 13.0 Å². The second-order valence-electron chi connectivity index (χ2n) is 6.75. The summed E-state index contributed by atoms with van der Waals surface area (Å²) in [5.74, 6) is 0.606. The van der Waals surface area contributed by atoms with Gasteiger partial charge in [0.1, 0.15) is 23.8 Å². The van der Waals surface area contributed by atoms with Crippen LogP contribution in [-0.4, -0.2) is 31.6 Å². The zero-order valence-electron chi connectivity index (χ0n) is 17.3. The van der Waals surface area contributed by atoms with Crippen LogP contribution in [0.15, 0.2) is 77.8 Å². The summed E-state index contributed by atoms with van der Waals surface area (Å²) in [5, 5.41) is 7.50. The molecule has 6 nitrogen and oxygen atoms in total. The van der Waals surface area contributed by atoms with E-state index in [-0.39, 0.29) is 23.6 Å². The van der Waals surface area contributed by atoms with Crippen molar-refractivity contribution in [3.8, 4) is 11.5 Å². The van der Waals surface area contributed by atoms with E-state index in [1.54, 1.807) is 37.5 Å². The molecule has 31 heavy (non-hydrogen) atoms.